The highest BCUT2D eigenvalue weighted by Crippen LogP contribution is 2.20. The standard InChI is InChI=1S/C15H27N3O2/c19-15(9-12-3-5-16-6-4-12)17-13-10-20-11-14(13)18-7-1-2-8-18/h12-14,16H,1-11H2,(H,17,19)/t13-,14-/m0/s1. The molecule has 2 N–H and O–H groups in total. The number of rotatable bonds is 4. The van der Waals surface area contributed by atoms with Gasteiger partial charge in [0.1, 0.15) is 0 Å². The number of carbonyl (C=O) groups is 1. The van der Waals surface area contributed by atoms with Crippen LogP contribution >= 0.6 is 0 Å². The Morgan fingerprint density at radius 1 is 1.20 bits per heavy atom. The van der Waals surface area contributed by atoms with E-state index in [1.807, 2.05) is 0 Å². The summed E-state index contributed by atoms with van der Waals surface area (Å²) in [6.45, 7) is 5.89. The molecule has 0 bridgehead atoms. The molecule has 0 unspecified atom stereocenters. The van der Waals surface area contributed by atoms with Crippen LogP contribution in [0.1, 0.15) is 32.1 Å². The molecule has 5 heteroatoms. The van der Waals surface area contributed by atoms with Crippen molar-refractivity contribution in [1.82, 2.24) is 15.5 Å². The summed E-state index contributed by atoms with van der Waals surface area (Å²) >= 11 is 0. The molecule has 1 amide bonds. The molecule has 0 spiro atoms. The van der Waals surface area contributed by atoms with Crippen molar-refractivity contribution in [3.63, 3.8) is 0 Å². The van der Waals surface area contributed by atoms with Gasteiger partial charge in [0.05, 0.1) is 25.3 Å². The van der Waals surface area contributed by atoms with E-state index >= 15 is 0 Å². The van der Waals surface area contributed by atoms with Crippen molar-refractivity contribution in [2.45, 2.75) is 44.2 Å². The fourth-order valence-electron chi connectivity index (χ4n) is 3.73. The third kappa shape index (κ3) is 3.51. The smallest absolute Gasteiger partial charge is 0.220 e. The van der Waals surface area contributed by atoms with Gasteiger partial charge in [0.15, 0.2) is 0 Å². The van der Waals surface area contributed by atoms with E-state index in [9.17, 15) is 4.79 Å². The van der Waals surface area contributed by atoms with E-state index in [1.165, 1.54) is 12.8 Å². The lowest BCUT2D eigenvalue weighted by molar-refractivity contribution is -0.123. The van der Waals surface area contributed by atoms with Gasteiger partial charge in [-0.25, -0.2) is 0 Å². The fraction of sp³-hybridized carbons (Fsp3) is 0.933. The Morgan fingerprint density at radius 3 is 2.70 bits per heavy atom. The van der Waals surface area contributed by atoms with Crippen LogP contribution in [0.4, 0.5) is 0 Å². The molecule has 0 saturated carbocycles. The van der Waals surface area contributed by atoms with Crippen molar-refractivity contribution in [3.8, 4) is 0 Å². The van der Waals surface area contributed by atoms with Crippen LogP contribution in [0.5, 0.6) is 0 Å². The van der Waals surface area contributed by atoms with E-state index in [1.54, 1.807) is 0 Å². The van der Waals surface area contributed by atoms with Gasteiger partial charge in [0.25, 0.3) is 0 Å². The van der Waals surface area contributed by atoms with Crippen LogP contribution < -0.4 is 10.6 Å². The molecule has 3 aliphatic rings. The minimum atomic E-state index is 0.197. The van der Waals surface area contributed by atoms with Gasteiger partial charge in [-0.3, -0.25) is 9.69 Å². The molecule has 0 aromatic rings. The first-order chi connectivity index (χ1) is 9.83. The molecule has 3 fully saturated rings. The zero-order valence-electron chi connectivity index (χ0n) is 12.3. The summed E-state index contributed by atoms with van der Waals surface area (Å²) in [5, 5.41) is 6.57. The highest BCUT2D eigenvalue weighted by molar-refractivity contribution is 5.76. The van der Waals surface area contributed by atoms with Crippen LogP contribution in [-0.4, -0.2) is 62.3 Å². The van der Waals surface area contributed by atoms with Crippen LogP contribution in [0.15, 0.2) is 0 Å². The van der Waals surface area contributed by atoms with Crippen LogP contribution in [0.2, 0.25) is 0 Å². The third-order valence-corrected chi connectivity index (χ3v) is 4.94. The minimum Gasteiger partial charge on any atom is -0.378 e. The molecule has 2 atom stereocenters. The molecule has 0 aromatic heterocycles. The number of nitrogens with zero attached hydrogens (tertiary/aromatic N) is 1. The zero-order chi connectivity index (χ0) is 13.8. The lowest BCUT2D eigenvalue weighted by Crippen LogP contribution is -2.50. The Hall–Kier alpha value is -0.650. The van der Waals surface area contributed by atoms with Gasteiger partial charge in [-0.15, -0.1) is 0 Å². The average Bonchev–Trinajstić information content (AvgIpc) is 3.10. The highest BCUT2D eigenvalue weighted by Gasteiger charge is 2.35. The first-order valence-corrected chi connectivity index (χ1v) is 8.15. The molecule has 3 aliphatic heterocycles. The van der Waals surface area contributed by atoms with Crippen molar-refractivity contribution in [2.24, 2.45) is 5.92 Å². The van der Waals surface area contributed by atoms with Crippen LogP contribution in [0.25, 0.3) is 0 Å². The lowest BCUT2D eigenvalue weighted by Gasteiger charge is -2.29. The lowest BCUT2D eigenvalue weighted by atomic mass is 9.94. The van der Waals surface area contributed by atoms with Gasteiger partial charge in [-0.05, 0) is 57.8 Å². The van der Waals surface area contributed by atoms with E-state index < -0.39 is 0 Å². The summed E-state index contributed by atoms with van der Waals surface area (Å²) in [5.41, 5.74) is 0. The number of amides is 1. The maximum absolute atomic E-state index is 12.2. The Kier molecular flexibility index (Phi) is 4.91. The molecular weight excluding hydrogens is 254 g/mol. The number of hydrogen-bond acceptors (Lipinski definition) is 4. The van der Waals surface area contributed by atoms with Crippen LogP contribution in [0, 0.1) is 5.92 Å². The fourth-order valence-corrected chi connectivity index (χ4v) is 3.73. The first-order valence-electron chi connectivity index (χ1n) is 8.15. The third-order valence-electron chi connectivity index (χ3n) is 4.94. The predicted octanol–water partition coefficient (Wildman–Crippen LogP) is 0.356. The molecule has 20 heavy (non-hydrogen) atoms. The number of carbonyl (C=O) groups excluding carboxylic acids is 1. The zero-order valence-corrected chi connectivity index (χ0v) is 12.3. The SMILES string of the molecule is O=C(CC1CCNCC1)N[C@H]1COC[C@@H]1N1CCCC1. The second-order valence-corrected chi connectivity index (χ2v) is 6.42. The van der Waals surface area contributed by atoms with Gasteiger partial charge in [-0.1, -0.05) is 0 Å². The normalized spacial score (nSPS) is 32.6. The molecule has 3 rings (SSSR count). The molecule has 0 aliphatic carbocycles. The Morgan fingerprint density at radius 2 is 1.95 bits per heavy atom. The summed E-state index contributed by atoms with van der Waals surface area (Å²) in [7, 11) is 0. The Bertz CT molecular complexity index is 325. The quantitative estimate of drug-likeness (QED) is 0.781. The maximum Gasteiger partial charge on any atom is 0.220 e. The van der Waals surface area contributed by atoms with Crippen molar-refractivity contribution >= 4 is 5.91 Å². The maximum atomic E-state index is 12.2. The summed E-state index contributed by atoms with van der Waals surface area (Å²) in [4.78, 5) is 14.7. The van der Waals surface area contributed by atoms with E-state index in [-0.39, 0.29) is 11.9 Å². The van der Waals surface area contributed by atoms with Crippen molar-refractivity contribution in [2.75, 3.05) is 39.4 Å². The van der Waals surface area contributed by atoms with Crippen LogP contribution in [-0.2, 0) is 9.53 Å². The highest BCUT2D eigenvalue weighted by atomic mass is 16.5. The molecule has 114 valence electrons. The number of hydrogen-bond donors (Lipinski definition) is 2. The summed E-state index contributed by atoms with van der Waals surface area (Å²) in [6, 6.07) is 0.594. The monoisotopic (exact) mass is 281 g/mol. The predicted molar refractivity (Wildman–Crippen MR) is 77.6 cm³/mol. The Labute approximate surface area is 121 Å². The van der Waals surface area contributed by atoms with Gasteiger partial charge >= 0.3 is 0 Å². The first kappa shape index (κ1) is 14.3. The van der Waals surface area contributed by atoms with E-state index in [2.05, 4.69) is 15.5 Å². The van der Waals surface area contributed by atoms with E-state index in [4.69, 9.17) is 4.74 Å². The molecule has 5 nitrogen and oxygen atoms in total. The molecule has 0 radical (unpaired) electrons. The summed E-state index contributed by atoms with van der Waals surface area (Å²) in [5.74, 6) is 0.778. The Balaban J connectivity index is 1.46. The second-order valence-electron chi connectivity index (χ2n) is 6.42. The largest absolute Gasteiger partial charge is 0.378 e. The molecule has 3 heterocycles. The van der Waals surface area contributed by atoms with E-state index in [0.717, 1.165) is 45.6 Å². The number of ether oxygens (including phenoxy) is 1. The van der Waals surface area contributed by atoms with Crippen molar-refractivity contribution < 1.29 is 9.53 Å². The number of piperidine rings is 1. The van der Waals surface area contributed by atoms with Gasteiger partial charge < -0.3 is 15.4 Å². The molecule has 3 saturated heterocycles. The summed E-state index contributed by atoms with van der Waals surface area (Å²) < 4.78 is 5.61. The topological polar surface area (TPSA) is 53.6 Å². The van der Waals surface area contributed by atoms with Gasteiger partial charge in [-0.2, -0.15) is 0 Å². The van der Waals surface area contributed by atoms with Crippen molar-refractivity contribution in [1.29, 1.82) is 0 Å². The molecular formula is C15H27N3O2. The second kappa shape index (κ2) is 6.87. The minimum absolute atomic E-state index is 0.197. The average molecular weight is 281 g/mol. The van der Waals surface area contributed by atoms with Gasteiger partial charge in [0.2, 0.25) is 5.91 Å². The number of nitrogens with one attached hydrogen (secondary N) is 2. The van der Waals surface area contributed by atoms with Gasteiger partial charge in [0, 0.05) is 6.42 Å². The molecule has 0 aromatic carbocycles. The van der Waals surface area contributed by atoms with Crippen LogP contribution in [0.3, 0.4) is 0 Å². The summed E-state index contributed by atoms with van der Waals surface area (Å²) in [6.07, 6.45) is 5.51. The number of likely N-dealkylation sites (tertiary alicyclic amines) is 1. The van der Waals surface area contributed by atoms with E-state index in [0.29, 0.717) is 25.0 Å². The van der Waals surface area contributed by atoms with Crippen molar-refractivity contribution in [3.05, 3.63) is 0 Å².